The molecule has 3 rings (SSSR count). The number of hydrogen-bond acceptors (Lipinski definition) is 5. The molecule has 0 unspecified atom stereocenters. The minimum absolute atomic E-state index is 0.0378. The third-order valence-electron chi connectivity index (χ3n) is 4.38. The predicted molar refractivity (Wildman–Crippen MR) is 96.8 cm³/mol. The average Bonchev–Trinajstić information content (AvgIpc) is 2.63. The van der Waals surface area contributed by atoms with Gasteiger partial charge in [-0.3, -0.25) is 15.0 Å². The van der Waals surface area contributed by atoms with Crippen LogP contribution in [0.3, 0.4) is 0 Å². The second-order valence-corrected chi connectivity index (χ2v) is 6.36. The molecule has 0 aromatic heterocycles. The zero-order chi connectivity index (χ0) is 17.8. The Hall–Kier alpha value is -2.62. The zero-order valence-corrected chi connectivity index (χ0v) is 14.3. The standard InChI is InChI=1S/C18H17ClN4O2/c19-16-5-6-17(18(11-16)23(24)25)22-9-7-21(8-10-22)13-15-4-2-1-3-14(15)12-20/h1-6,11H,7-10,13H2. The summed E-state index contributed by atoms with van der Waals surface area (Å²) in [6, 6.07) is 14.6. The number of nitro groups is 1. The lowest BCUT2D eigenvalue weighted by atomic mass is 10.1. The highest BCUT2D eigenvalue weighted by Gasteiger charge is 2.24. The minimum Gasteiger partial charge on any atom is -0.363 e. The van der Waals surface area contributed by atoms with Gasteiger partial charge < -0.3 is 4.90 Å². The number of nitrogens with zero attached hydrogens (tertiary/aromatic N) is 4. The lowest BCUT2D eigenvalue weighted by Gasteiger charge is -2.36. The second kappa shape index (κ2) is 7.51. The van der Waals surface area contributed by atoms with Crippen LogP contribution in [0.4, 0.5) is 11.4 Å². The fourth-order valence-electron chi connectivity index (χ4n) is 3.07. The molecule has 0 saturated carbocycles. The van der Waals surface area contributed by atoms with Crippen LogP contribution >= 0.6 is 11.6 Å². The van der Waals surface area contributed by atoms with Gasteiger partial charge in [-0.1, -0.05) is 29.8 Å². The summed E-state index contributed by atoms with van der Waals surface area (Å²) in [5, 5.41) is 20.8. The lowest BCUT2D eigenvalue weighted by Crippen LogP contribution is -2.46. The molecule has 128 valence electrons. The molecule has 2 aromatic carbocycles. The maximum atomic E-state index is 11.3. The van der Waals surface area contributed by atoms with Crippen LogP contribution in [0.1, 0.15) is 11.1 Å². The molecule has 1 heterocycles. The quantitative estimate of drug-likeness (QED) is 0.619. The lowest BCUT2D eigenvalue weighted by molar-refractivity contribution is -0.384. The Bertz CT molecular complexity index is 826. The first-order valence-corrected chi connectivity index (χ1v) is 8.35. The van der Waals surface area contributed by atoms with Crippen LogP contribution in [0.2, 0.25) is 5.02 Å². The number of halogens is 1. The van der Waals surface area contributed by atoms with Gasteiger partial charge >= 0.3 is 0 Å². The monoisotopic (exact) mass is 356 g/mol. The SMILES string of the molecule is N#Cc1ccccc1CN1CCN(c2ccc(Cl)cc2[N+](=O)[O-])CC1. The van der Waals surface area contributed by atoms with E-state index in [1.807, 2.05) is 29.2 Å². The van der Waals surface area contributed by atoms with Crippen molar-refractivity contribution in [2.75, 3.05) is 31.1 Å². The van der Waals surface area contributed by atoms with Crippen molar-refractivity contribution >= 4 is 23.0 Å². The number of anilines is 1. The van der Waals surface area contributed by atoms with Gasteiger partial charge in [0, 0.05) is 43.8 Å². The molecule has 0 N–H and O–H groups in total. The van der Waals surface area contributed by atoms with Crippen LogP contribution in [0.5, 0.6) is 0 Å². The molecule has 25 heavy (non-hydrogen) atoms. The summed E-state index contributed by atoms with van der Waals surface area (Å²) in [5.74, 6) is 0. The van der Waals surface area contributed by atoms with Gasteiger partial charge in [0.15, 0.2) is 0 Å². The van der Waals surface area contributed by atoms with E-state index in [-0.39, 0.29) is 5.69 Å². The van der Waals surface area contributed by atoms with Crippen molar-refractivity contribution in [3.8, 4) is 6.07 Å². The van der Waals surface area contributed by atoms with E-state index in [9.17, 15) is 15.4 Å². The molecular weight excluding hydrogens is 340 g/mol. The van der Waals surface area contributed by atoms with Gasteiger partial charge in [0.1, 0.15) is 5.69 Å². The molecule has 1 aliphatic heterocycles. The number of hydrogen-bond donors (Lipinski definition) is 0. The summed E-state index contributed by atoms with van der Waals surface area (Å²) in [5.41, 5.74) is 2.34. The molecule has 0 aliphatic carbocycles. The molecule has 1 saturated heterocycles. The van der Waals surface area contributed by atoms with Gasteiger partial charge in [0.05, 0.1) is 16.6 Å². The predicted octanol–water partition coefficient (Wildman–Crippen LogP) is 3.44. The number of rotatable bonds is 4. The highest BCUT2D eigenvalue weighted by Crippen LogP contribution is 2.31. The van der Waals surface area contributed by atoms with E-state index < -0.39 is 4.92 Å². The Morgan fingerprint density at radius 2 is 1.88 bits per heavy atom. The summed E-state index contributed by atoms with van der Waals surface area (Å²) in [4.78, 5) is 15.2. The van der Waals surface area contributed by atoms with E-state index in [0.29, 0.717) is 35.9 Å². The normalized spacial score (nSPS) is 15.0. The van der Waals surface area contributed by atoms with Crippen molar-refractivity contribution in [1.82, 2.24) is 4.90 Å². The van der Waals surface area contributed by atoms with Gasteiger partial charge in [-0.2, -0.15) is 5.26 Å². The van der Waals surface area contributed by atoms with Crippen molar-refractivity contribution < 1.29 is 4.92 Å². The molecule has 7 heteroatoms. The molecule has 2 aromatic rings. The van der Waals surface area contributed by atoms with Gasteiger partial charge in [-0.25, -0.2) is 0 Å². The topological polar surface area (TPSA) is 73.4 Å². The largest absolute Gasteiger partial charge is 0.363 e. The molecule has 0 radical (unpaired) electrons. The van der Waals surface area contributed by atoms with Crippen LogP contribution in [0.25, 0.3) is 0 Å². The van der Waals surface area contributed by atoms with E-state index in [0.717, 1.165) is 18.7 Å². The summed E-state index contributed by atoms with van der Waals surface area (Å²) < 4.78 is 0. The molecule has 1 aliphatic rings. The van der Waals surface area contributed by atoms with Gasteiger partial charge in [0.2, 0.25) is 0 Å². The van der Waals surface area contributed by atoms with Gasteiger partial charge in [-0.05, 0) is 23.8 Å². The van der Waals surface area contributed by atoms with Crippen LogP contribution in [0.15, 0.2) is 42.5 Å². The Balaban J connectivity index is 1.69. The van der Waals surface area contributed by atoms with Crippen molar-refractivity contribution in [3.05, 3.63) is 68.7 Å². The summed E-state index contributed by atoms with van der Waals surface area (Å²) in [6.07, 6.45) is 0. The Morgan fingerprint density at radius 1 is 1.16 bits per heavy atom. The maximum absolute atomic E-state index is 11.3. The van der Waals surface area contributed by atoms with Crippen molar-refractivity contribution in [2.45, 2.75) is 6.54 Å². The van der Waals surface area contributed by atoms with E-state index >= 15 is 0 Å². The summed E-state index contributed by atoms with van der Waals surface area (Å²) >= 11 is 5.88. The Labute approximate surface area is 151 Å². The number of nitriles is 1. The molecule has 0 bridgehead atoms. The first kappa shape index (κ1) is 17.2. The first-order chi connectivity index (χ1) is 12.1. The smallest absolute Gasteiger partial charge is 0.294 e. The van der Waals surface area contributed by atoms with E-state index in [1.165, 1.54) is 6.07 Å². The fraction of sp³-hybridized carbons (Fsp3) is 0.278. The molecule has 1 fully saturated rings. The van der Waals surface area contributed by atoms with Gasteiger partial charge in [0.25, 0.3) is 5.69 Å². The molecule has 6 nitrogen and oxygen atoms in total. The van der Waals surface area contributed by atoms with Crippen molar-refractivity contribution in [3.63, 3.8) is 0 Å². The number of nitro benzene ring substituents is 1. The maximum Gasteiger partial charge on any atom is 0.294 e. The first-order valence-electron chi connectivity index (χ1n) is 7.98. The molecule has 0 atom stereocenters. The molecular formula is C18H17ClN4O2. The van der Waals surface area contributed by atoms with E-state index in [1.54, 1.807) is 12.1 Å². The summed E-state index contributed by atoms with van der Waals surface area (Å²) in [6.45, 7) is 3.65. The minimum atomic E-state index is -0.392. The Morgan fingerprint density at radius 3 is 2.56 bits per heavy atom. The Kier molecular flexibility index (Phi) is 5.17. The number of benzene rings is 2. The van der Waals surface area contributed by atoms with E-state index in [2.05, 4.69) is 11.0 Å². The second-order valence-electron chi connectivity index (χ2n) is 5.92. The zero-order valence-electron chi connectivity index (χ0n) is 13.6. The van der Waals surface area contributed by atoms with Gasteiger partial charge in [-0.15, -0.1) is 0 Å². The van der Waals surface area contributed by atoms with Crippen LogP contribution in [-0.4, -0.2) is 36.0 Å². The van der Waals surface area contributed by atoms with Crippen molar-refractivity contribution in [1.29, 1.82) is 5.26 Å². The average molecular weight is 357 g/mol. The summed E-state index contributed by atoms with van der Waals surface area (Å²) in [7, 11) is 0. The number of piperazine rings is 1. The molecule has 0 amide bonds. The van der Waals surface area contributed by atoms with Crippen LogP contribution in [-0.2, 0) is 6.54 Å². The van der Waals surface area contributed by atoms with Crippen LogP contribution < -0.4 is 4.90 Å². The van der Waals surface area contributed by atoms with Crippen LogP contribution in [0, 0.1) is 21.4 Å². The third kappa shape index (κ3) is 3.90. The van der Waals surface area contributed by atoms with Crippen molar-refractivity contribution in [2.24, 2.45) is 0 Å². The molecule has 0 spiro atoms. The van der Waals surface area contributed by atoms with E-state index in [4.69, 9.17) is 11.6 Å². The third-order valence-corrected chi connectivity index (χ3v) is 4.61. The highest BCUT2D eigenvalue weighted by atomic mass is 35.5. The fourth-order valence-corrected chi connectivity index (χ4v) is 3.23. The highest BCUT2D eigenvalue weighted by molar-refractivity contribution is 6.30.